The molecule has 0 unspecified atom stereocenters. The molecule has 6 heteroatoms. The molecule has 2 N–H and O–H groups in total. The van der Waals surface area contributed by atoms with Crippen molar-refractivity contribution in [1.29, 1.82) is 0 Å². The Morgan fingerprint density at radius 3 is 2.09 bits per heavy atom. The van der Waals surface area contributed by atoms with Crippen molar-refractivity contribution in [2.75, 3.05) is 0 Å². The first-order chi connectivity index (χ1) is 15.7. The molecule has 2 aliphatic heterocycles. The number of fused-ring (bicyclic) bond motifs is 8. The molecule has 2 aliphatic rings. The van der Waals surface area contributed by atoms with Gasteiger partial charge >= 0.3 is 17.1 Å². The van der Waals surface area contributed by atoms with Crippen molar-refractivity contribution in [3.63, 3.8) is 0 Å². The van der Waals surface area contributed by atoms with Crippen LogP contribution in [-0.4, -0.2) is 19.9 Å². The number of aromatic nitrogens is 5. The normalized spacial score (nSPS) is 12.0. The van der Waals surface area contributed by atoms with Crippen LogP contribution in [-0.2, 0) is 23.6 Å². The van der Waals surface area contributed by atoms with Gasteiger partial charge in [-0.25, -0.2) is 9.97 Å². The number of pyridine rings is 1. The molecule has 0 atom stereocenters. The van der Waals surface area contributed by atoms with E-state index in [2.05, 4.69) is 82.3 Å². The van der Waals surface area contributed by atoms with Crippen LogP contribution >= 0.6 is 0 Å². The van der Waals surface area contributed by atoms with Crippen LogP contribution in [0, 0.1) is 0 Å². The fourth-order valence-electron chi connectivity index (χ4n) is 4.23. The molecule has 0 spiro atoms. The van der Waals surface area contributed by atoms with Gasteiger partial charge in [-0.05, 0) is 79.8 Å². The zero-order chi connectivity index (χ0) is 21.5. The van der Waals surface area contributed by atoms with Gasteiger partial charge in [0.25, 0.3) is 0 Å². The Morgan fingerprint density at radius 1 is 0.697 bits per heavy atom. The van der Waals surface area contributed by atoms with Crippen molar-refractivity contribution in [2.24, 2.45) is 0 Å². The molecular weight excluding hydrogens is 449 g/mol. The number of hydrogen-bond donors (Lipinski definition) is 2. The van der Waals surface area contributed by atoms with E-state index < -0.39 is 0 Å². The van der Waals surface area contributed by atoms with Gasteiger partial charge in [0.15, 0.2) is 6.20 Å². The van der Waals surface area contributed by atoms with E-state index in [9.17, 15) is 0 Å². The van der Waals surface area contributed by atoms with Crippen molar-refractivity contribution in [3.8, 4) is 11.3 Å². The van der Waals surface area contributed by atoms with Crippen LogP contribution in [0.1, 0.15) is 29.7 Å². The Balaban J connectivity index is 0.00000228. The monoisotopic (exact) mass is 471 g/mol. The van der Waals surface area contributed by atoms with E-state index in [-0.39, 0.29) is 17.1 Å². The molecule has 6 rings (SSSR count). The molecule has 8 bridgehead atoms. The predicted octanol–water partition coefficient (Wildman–Crippen LogP) is 5.63. The zero-order valence-electron chi connectivity index (χ0n) is 18.1. The van der Waals surface area contributed by atoms with Gasteiger partial charge in [0.2, 0.25) is 5.69 Å². The maximum absolute atomic E-state index is 4.79. The quantitative estimate of drug-likeness (QED) is 0.254. The summed E-state index contributed by atoms with van der Waals surface area (Å²) in [6, 6.07) is 21.0. The largest absolute Gasteiger partial charge is 2.00 e. The molecule has 0 saturated heterocycles. The van der Waals surface area contributed by atoms with E-state index in [0.717, 1.165) is 57.0 Å². The summed E-state index contributed by atoms with van der Waals surface area (Å²) in [5.41, 5.74) is 10.1. The van der Waals surface area contributed by atoms with E-state index in [1.807, 2.05) is 30.4 Å². The Hall–Kier alpha value is -3.73. The molecule has 0 fully saturated rings. The Labute approximate surface area is 202 Å². The number of H-pyrrole nitrogens is 2. The van der Waals surface area contributed by atoms with Gasteiger partial charge < -0.3 is 9.97 Å². The second-order valence-corrected chi connectivity index (χ2v) is 7.96. The predicted molar refractivity (Wildman–Crippen MR) is 130 cm³/mol. The zero-order valence-corrected chi connectivity index (χ0v) is 19.3. The minimum atomic E-state index is 0. The molecule has 0 saturated carbocycles. The smallest absolute Gasteiger partial charge is 0.355 e. The van der Waals surface area contributed by atoms with Crippen LogP contribution in [0.25, 0.3) is 57.6 Å². The van der Waals surface area contributed by atoms with Crippen molar-refractivity contribution in [3.05, 3.63) is 89.6 Å². The van der Waals surface area contributed by atoms with Crippen molar-refractivity contribution in [1.82, 2.24) is 19.9 Å². The maximum atomic E-state index is 4.79. The fraction of sp³-hybridized carbons (Fsp3) is 0.0741. The molecule has 0 amide bonds. The minimum absolute atomic E-state index is 0. The van der Waals surface area contributed by atoms with Gasteiger partial charge in [-0.2, -0.15) is 4.57 Å². The number of nitrogens with zero attached hydrogens (tertiary/aromatic N) is 3. The van der Waals surface area contributed by atoms with E-state index >= 15 is 0 Å². The number of nitrogens with one attached hydrogen (secondary N) is 2. The number of rotatable bonds is 2. The number of hydrogen-bond acceptors (Lipinski definition) is 2. The average molecular weight is 471 g/mol. The molecular formula is C27H22MnN5+3. The summed E-state index contributed by atoms with van der Waals surface area (Å²) in [6.07, 6.45) is 10.2. The first kappa shape index (κ1) is 21.1. The van der Waals surface area contributed by atoms with Gasteiger partial charge in [-0.3, -0.25) is 0 Å². The molecule has 4 aromatic heterocycles. The molecule has 5 nitrogen and oxygen atoms in total. The van der Waals surface area contributed by atoms with Crippen molar-refractivity contribution < 1.29 is 21.6 Å². The molecule has 4 aromatic rings. The first-order valence-corrected chi connectivity index (χ1v) is 10.8. The van der Waals surface area contributed by atoms with Crippen molar-refractivity contribution >= 4 is 46.4 Å². The van der Waals surface area contributed by atoms with Crippen LogP contribution in [0.5, 0.6) is 0 Å². The molecule has 1 radical (unpaired) electrons. The summed E-state index contributed by atoms with van der Waals surface area (Å²) in [5.74, 6) is 0. The molecule has 33 heavy (non-hydrogen) atoms. The van der Waals surface area contributed by atoms with Crippen LogP contribution < -0.4 is 4.57 Å². The average Bonchev–Trinajstić information content (AvgIpc) is 3.59. The summed E-state index contributed by atoms with van der Waals surface area (Å²) in [6.45, 7) is 3.06. The SMILES string of the molecule is CC[n+]1ccccc1-c1cc2cc3ccc(cc4nc(cc5nc(cc1[nH]2)C=C5)C=C4)[nH]3.[Mn+2]. The Morgan fingerprint density at radius 2 is 1.36 bits per heavy atom. The molecule has 0 aromatic carbocycles. The van der Waals surface area contributed by atoms with Gasteiger partial charge in [-0.15, -0.1) is 0 Å². The molecule has 6 heterocycles. The fourth-order valence-corrected chi connectivity index (χ4v) is 4.23. The molecule has 159 valence electrons. The third-order valence-corrected chi connectivity index (χ3v) is 5.73. The third-order valence-electron chi connectivity index (χ3n) is 5.73. The topological polar surface area (TPSA) is 61.2 Å². The summed E-state index contributed by atoms with van der Waals surface area (Å²) < 4.78 is 2.25. The Kier molecular flexibility index (Phi) is 5.55. The summed E-state index contributed by atoms with van der Waals surface area (Å²) >= 11 is 0. The van der Waals surface area contributed by atoms with Gasteiger partial charge in [-0.1, -0.05) is 0 Å². The number of aromatic amines is 2. The summed E-state index contributed by atoms with van der Waals surface area (Å²) in [4.78, 5) is 16.5. The molecule has 0 aliphatic carbocycles. The van der Waals surface area contributed by atoms with Crippen LogP contribution in [0.4, 0.5) is 0 Å². The van der Waals surface area contributed by atoms with Gasteiger partial charge in [0.1, 0.15) is 6.54 Å². The first-order valence-electron chi connectivity index (χ1n) is 10.8. The minimum Gasteiger partial charge on any atom is -0.355 e. The van der Waals surface area contributed by atoms with Crippen LogP contribution in [0.2, 0.25) is 0 Å². The van der Waals surface area contributed by atoms with E-state index in [0.29, 0.717) is 0 Å². The van der Waals surface area contributed by atoms with Gasteiger partial charge in [0.05, 0.1) is 33.9 Å². The summed E-state index contributed by atoms with van der Waals surface area (Å²) in [7, 11) is 0. The summed E-state index contributed by atoms with van der Waals surface area (Å²) in [5, 5.41) is 0. The van der Waals surface area contributed by atoms with Gasteiger partial charge in [0, 0.05) is 28.7 Å². The van der Waals surface area contributed by atoms with E-state index in [1.165, 1.54) is 5.69 Å². The van der Waals surface area contributed by atoms with Crippen LogP contribution in [0.15, 0.2) is 66.9 Å². The van der Waals surface area contributed by atoms with E-state index in [1.54, 1.807) is 0 Å². The van der Waals surface area contributed by atoms with Crippen molar-refractivity contribution in [2.45, 2.75) is 13.5 Å². The Bertz CT molecular complexity index is 1570. The standard InChI is InChI=1S/C27H21N5.Mn/c1-2-32-12-4-3-5-27(32)25-16-24-15-22-9-8-20(29-22)13-18-6-7-19(28-18)14-21-10-11-23(30-21)17-26(25)31-24;/h3-17H,2H2,1H3,(H,28,29,30,31);/q;+2/p+1. The second-order valence-electron chi connectivity index (χ2n) is 7.96. The maximum Gasteiger partial charge on any atom is 2.00 e. The second kappa shape index (κ2) is 8.66. The number of aryl methyl sites for hydroxylation is 1. The van der Waals surface area contributed by atoms with E-state index in [4.69, 9.17) is 9.97 Å². The third kappa shape index (κ3) is 4.19. The van der Waals surface area contributed by atoms with Crippen LogP contribution in [0.3, 0.4) is 0 Å².